The summed E-state index contributed by atoms with van der Waals surface area (Å²) in [7, 11) is 1.73. The van der Waals surface area contributed by atoms with Crippen LogP contribution in [0, 0.1) is 0 Å². The van der Waals surface area contributed by atoms with Gasteiger partial charge in [0.15, 0.2) is 0 Å². The number of imidazole rings is 1. The van der Waals surface area contributed by atoms with Gasteiger partial charge in [0.2, 0.25) is 5.82 Å². The maximum Gasteiger partial charge on any atom is 0.372 e. The summed E-state index contributed by atoms with van der Waals surface area (Å²) >= 11 is 0. The molecule has 0 radical (unpaired) electrons. The van der Waals surface area contributed by atoms with Crippen molar-refractivity contribution in [1.82, 2.24) is 9.55 Å². The van der Waals surface area contributed by atoms with Gasteiger partial charge in [-0.15, -0.1) is 0 Å². The van der Waals surface area contributed by atoms with Crippen molar-refractivity contribution < 1.29 is 9.90 Å². The van der Waals surface area contributed by atoms with Crippen LogP contribution >= 0.6 is 0 Å². The fourth-order valence-electron chi connectivity index (χ4n) is 1.97. The van der Waals surface area contributed by atoms with Gasteiger partial charge < -0.3 is 9.67 Å². The highest BCUT2D eigenvalue weighted by Crippen LogP contribution is 2.18. The van der Waals surface area contributed by atoms with Crippen molar-refractivity contribution in [2.24, 2.45) is 7.05 Å². The number of carboxylic acid groups (broad SMARTS) is 1. The van der Waals surface area contributed by atoms with Crippen LogP contribution in [0.1, 0.15) is 35.9 Å². The van der Waals surface area contributed by atoms with E-state index in [1.54, 1.807) is 11.6 Å². The maximum atomic E-state index is 11.0. The zero-order valence-electron chi connectivity index (χ0n) is 10.1. The highest BCUT2D eigenvalue weighted by Gasteiger charge is 2.13. The lowest BCUT2D eigenvalue weighted by molar-refractivity contribution is 0.0680. The molecule has 0 fully saturated rings. The minimum Gasteiger partial charge on any atom is -0.475 e. The van der Waals surface area contributed by atoms with Crippen molar-refractivity contribution in [3.05, 3.63) is 29.6 Å². The van der Waals surface area contributed by atoms with E-state index in [-0.39, 0.29) is 5.82 Å². The quantitative estimate of drug-likeness (QED) is 0.881. The number of carbonyl (C=O) groups is 1. The van der Waals surface area contributed by atoms with Gasteiger partial charge in [-0.25, -0.2) is 9.78 Å². The van der Waals surface area contributed by atoms with Gasteiger partial charge in [-0.1, -0.05) is 19.4 Å². The summed E-state index contributed by atoms with van der Waals surface area (Å²) in [5, 5.41) is 8.99. The molecule has 0 saturated heterocycles. The SMILES string of the molecule is CCCCc1ccc2c(c1)nc(C(=O)O)n2C. The van der Waals surface area contributed by atoms with Gasteiger partial charge >= 0.3 is 5.97 Å². The minimum absolute atomic E-state index is 0.0904. The second kappa shape index (κ2) is 4.57. The van der Waals surface area contributed by atoms with E-state index in [1.165, 1.54) is 5.56 Å². The Balaban J connectivity index is 2.44. The van der Waals surface area contributed by atoms with Gasteiger partial charge in [-0.05, 0) is 30.5 Å². The Kier molecular flexibility index (Phi) is 3.13. The first-order chi connectivity index (χ1) is 8.13. The van der Waals surface area contributed by atoms with Crippen molar-refractivity contribution in [2.75, 3.05) is 0 Å². The third-order valence-corrected chi connectivity index (χ3v) is 2.96. The molecular weight excluding hydrogens is 216 g/mol. The summed E-state index contributed by atoms with van der Waals surface area (Å²) in [5.74, 6) is -0.897. The molecule has 1 aromatic heterocycles. The molecule has 0 bridgehead atoms. The van der Waals surface area contributed by atoms with Crippen LogP contribution in [0.2, 0.25) is 0 Å². The number of benzene rings is 1. The molecule has 1 N–H and O–H groups in total. The van der Waals surface area contributed by atoms with Crippen molar-refractivity contribution in [3.8, 4) is 0 Å². The van der Waals surface area contributed by atoms with Crippen LogP contribution in [-0.4, -0.2) is 20.6 Å². The van der Waals surface area contributed by atoms with E-state index in [2.05, 4.69) is 11.9 Å². The van der Waals surface area contributed by atoms with Crippen LogP contribution in [0.5, 0.6) is 0 Å². The third-order valence-electron chi connectivity index (χ3n) is 2.96. The van der Waals surface area contributed by atoms with Crippen LogP contribution in [0.3, 0.4) is 0 Å². The van der Waals surface area contributed by atoms with Crippen molar-refractivity contribution in [1.29, 1.82) is 0 Å². The Morgan fingerprint density at radius 2 is 2.24 bits per heavy atom. The summed E-state index contributed by atoms with van der Waals surface area (Å²) in [6.07, 6.45) is 3.32. The Bertz CT molecular complexity index is 558. The van der Waals surface area contributed by atoms with Gasteiger partial charge in [-0.2, -0.15) is 0 Å². The molecule has 4 nitrogen and oxygen atoms in total. The second-order valence-electron chi connectivity index (χ2n) is 4.23. The van der Waals surface area contributed by atoms with Crippen LogP contribution in [-0.2, 0) is 13.5 Å². The molecular formula is C13H16N2O2. The molecule has 0 saturated carbocycles. The molecule has 0 spiro atoms. The highest BCUT2D eigenvalue weighted by molar-refractivity contribution is 5.89. The second-order valence-corrected chi connectivity index (χ2v) is 4.23. The summed E-state index contributed by atoms with van der Waals surface area (Å²) < 4.78 is 1.61. The number of carboxylic acids is 1. The summed E-state index contributed by atoms with van der Waals surface area (Å²) in [6, 6.07) is 5.97. The molecule has 0 aliphatic carbocycles. The summed E-state index contributed by atoms with van der Waals surface area (Å²) in [5.41, 5.74) is 2.84. The van der Waals surface area contributed by atoms with E-state index in [0.717, 1.165) is 30.3 Å². The molecule has 90 valence electrons. The standard InChI is InChI=1S/C13H16N2O2/c1-3-4-5-9-6-7-11-10(8-9)14-12(13(16)17)15(11)2/h6-8H,3-5H2,1-2H3,(H,16,17). The van der Waals surface area contributed by atoms with Gasteiger partial charge in [0, 0.05) is 7.05 Å². The molecule has 0 amide bonds. The molecule has 0 aliphatic heterocycles. The number of unbranched alkanes of at least 4 members (excludes halogenated alkanes) is 1. The van der Waals surface area contributed by atoms with Crippen molar-refractivity contribution in [2.45, 2.75) is 26.2 Å². The van der Waals surface area contributed by atoms with E-state index in [9.17, 15) is 4.79 Å². The number of hydrogen-bond acceptors (Lipinski definition) is 2. The lowest BCUT2D eigenvalue weighted by Crippen LogP contribution is -2.05. The summed E-state index contributed by atoms with van der Waals surface area (Å²) in [6.45, 7) is 2.15. The average Bonchev–Trinajstić information content (AvgIpc) is 2.64. The monoisotopic (exact) mass is 232 g/mol. The number of aromatic nitrogens is 2. The molecule has 2 rings (SSSR count). The normalized spacial score (nSPS) is 10.9. The molecule has 1 heterocycles. The molecule has 0 aliphatic rings. The number of nitrogens with zero attached hydrogens (tertiary/aromatic N) is 2. The van der Waals surface area contributed by atoms with E-state index in [0.29, 0.717) is 0 Å². The molecule has 4 heteroatoms. The average molecular weight is 232 g/mol. The lowest BCUT2D eigenvalue weighted by atomic mass is 10.1. The molecule has 1 aromatic carbocycles. The Morgan fingerprint density at radius 1 is 1.47 bits per heavy atom. The topological polar surface area (TPSA) is 55.1 Å². The zero-order chi connectivity index (χ0) is 12.4. The van der Waals surface area contributed by atoms with Crippen molar-refractivity contribution in [3.63, 3.8) is 0 Å². The van der Waals surface area contributed by atoms with E-state index in [1.807, 2.05) is 18.2 Å². The largest absolute Gasteiger partial charge is 0.475 e. The van der Waals surface area contributed by atoms with Gasteiger partial charge in [0.1, 0.15) is 0 Å². The lowest BCUT2D eigenvalue weighted by Gasteiger charge is -2.00. The van der Waals surface area contributed by atoms with Crippen LogP contribution < -0.4 is 0 Å². The van der Waals surface area contributed by atoms with Gasteiger partial charge in [0.25, 0.3) is 0 Å². The number of hydrogen-bond donors (Lipinski definition) is 1. The van der Waals surface area contributed by atoms with Crippen molar-refractivity contribution >= 4 is 17.0 Å². The van der Waals surface area contributed by atoms with E-state index >= 15 is 0 Å². The van der Waals surface area contributed by atoms with Gasteiger partial charge in [0.05, 0.1) is 11.0 Å². The smallest absolute Gasteiger partial charge is 0.372 e. The summed E-state index contributed by atoms with van der Waals surface area (Å²) in [4.78, 5) is 15.1. The van der Waals surface area contributed by atoms with E-state index < -0.39 is 5.97 Å². The first-order valence-corrected chi connectivity index (χ1v) is 5.82. The molecule has 0 unspecified atom stereocenters. The Labute approximate surface area is 99.9 Å². The number of aryl methyl sites for hydroxylation is 2. The first kappa shape index (κ1) is 11.6. The minimum atomic E-state index is -0.987. The predicted molar refractivity (Wildman–Crippen MR) is 66.3 cm³/mol. The predicted octanol–water partition coefficient (Wildman–Crippen LogP) is 2.61. The molecule has 17 heavy (non-hydrogen) atoms. The molecule has 0 atom stereocenters. The zero-order valence-corrected chi connectivity index (χ0v) is 10.1. The Hall–Kier alpha value is -1.84. The fraction of sp³-hybridized carbons (Fsp3) is 0.385. The van der Waals surface area contributed by atoms with Crippen LogP contribution in [0.25, 0.3) is 11.0 Å². The maximum absolute atomic E-state index is 11.0. The first-order valence-electron chi connectivity index (χ1n) is 5.82. The van der Waals surface area contributed by atoms with Gasteiger partial charge in [-0.3, -0.25) is 0 Å². The molecule has 2 aromatic rings. The Morgan fingerprint density at radius 3 is 2.88 bits per heavy atom. The third kappa shape index (κ3) is 2.16. The number of fused-ring (bicyclic) bond motifs is 1. The highest BCUT2D eigenvalue weighted by atomic mass is 16.4. The van der Waals surface area contributed by atoms with Crippen LogP contribution in [0.4, 0.5) is 0 Å². The van der Waals surface area contributed by atoms with E-state index in [4.69, 9.17) is 5.11 Å². The van der Waals surface area contributed by atoms with Crippen LogP contribution in [0.15, 0.2) is 18.2 Å². The number of rotatable bonds is 4. The number of aromatic carboxylic acids is 1. The fourth-order valence-corrected chi connectivity index (χ4v) is 1.97.